The van der Waals surface area contributed by atoms with Gasteiger partial charge in [0.1, 0.15) is 0 Å². The average Bonchev–Trinajstić information content (AvgIpc) is 3.22. The molecular weight excluding hydrogens is 258 g/mol. The van der Waals surface area contributed by atoms with Crippen molar-refractivity contribution in [2.24, 2.45) is 5.14 Å². The molecule has 3 rings (SSSR count). The Balaban J connectivity index is 1.89. The number of nitrogens with two attached hydrogens (primary N) is 1. The van der Waals surface area contributed by atoms with Crippen LogP contribution in [0, 0.1) is 0 Å². The zero-order valence-corrected chi connectivity index (χ0v) is 11.2. The van der Waals surface area contributed by atoms with Crippen LogP contribution in [0.4, 0.5) is 0 Å². The summed E-state index contributed by atoms with van der Waals surface area (Å²) >= 11 is 0. The molecule has 1 aliphatic carbocycles. The van der Waals surface area contributed by atoms with E-state index in [0.29, 0.717) is 0 Å². The fourth-order valence-electron chi connectivity index (χ4n) is 2.20. The lowest BCUT2D eigenvalue weighted by Gasteiger charge is -2.05. The molecule has 1 saturated carbocycles. The predicted octanol–water partition coefficient (Wildman–Crippen LogP) is 2.88. The van der Waals surface area contributed by atoms with Crippen molar-refractivity contribution >= 4 is 10.0 Å². The van der Waals surface area contributed by atoms with Gasteiger partial charge in [0.2, 0.25) is 10.0 Å². The quantitative estimate of drug-likeness (QED) is 0.934. The third-order valence-electron chi connectivity index (χ3n) is 3.48. The topological polar surface area (TPSA) is 60.2 Å². The van der Waals surface area contributed by atoms with Gasteiger partial charge < -0.3 is 0 Å². The van der Waals surface area contributed by atoms with Crippen LogP contribution in [0.2, 0.25) is 0 Å². The molecule has 3 nitrogen and oxygen atoms in total. The highest BCUT2D eigenvalue weighted by Gasteiger charge is 2.22. The highest BCUT2D eigenvalue weighted by molar-refractivity contribution is 7.89. The number of hydrogen-bond donors (Lipinski definition) is 1. The minimum Gasteiger partial charge on any atom is -0.225 e. The van der Waals surface area contributed by atoms with Gasteiger partial charge in [0.05, 0.1) is 4.90 Å². The third kappa shape index (κ3) is 2.69. The summed E-state index contributed by atoms with van der Waals surface area (Å²) in [7, 11) is -3.61. The lowest BCUT2D eigenvalue weighted by Crippen LogP contribution is -2.11. The van der Waals surface area contributed by atoms with Gasteiger partial charge in [0, 0.05) is 0 Å². The molecule has 2 aromatic rings. The Labute approximate surface area is 113 Å². The molecule has 0 bridgehead atoms. The Kier molecular flexibility index (Phi) is 2.92. The molecule has 0 aromatic heterocycles. The van der Waals surface area contributed by atoms with E-state index in [1.165, 1.54) is 18.4 Å². The molecule has 0 heterocycles. The number of sulfonamides is 1. The van der Waals surface area contributed by atoms with Gasteiger partial charge >= 0.3 is 0 Å². The van der Waals surface area contributed by atoms with E-state index in [1.807, 2.05) is 0 Å². The first-order valence-electron chi connectivity index (χ1n) is 6.27. The summed E-state index contributed by atoms with van der Waals surface area (Å²) in [6.07, 6.45) is 2.59. The SMILES string of the molecule is NS(=O)(=O)c1ccc(-c2ccc(C3CC3)cc2)cc1. The van der Waals surface area contributed by atoms with Crippen molar-refractivity contribution in [3.8, 4) is 11.1 Å². The standard InChI is InChI=1S/C15H15NO2S/c16-19(17,18)15-9-7-14(8-10-15)13-5-3-12(4-6-13)11-1-2-11/h3-11H,1-2H2,(H2,16,17,18). The summed E-state index contributed by atoms with van der Waals surface area (Å²) in [5.74, 6) is 0.749. The average molecular weight is 273 g/mol. The maximum absolute atomic E-state index is 11.2. The minimum atomic E-state index is -3.61. The van der Waals surface area contributed by atoms with Gasteiger partial charge in [-0.25, -0.2) is 13.6 Å². The largest absolute Gasteiger partial charge is 0.238 e. The van der Waals surface area contributed by atoms with Crippen LogP contribution in [0.3, 0.4) is 0 Å². The minimum absolute atomic E-state index is 0.144. The Morgan fingerprint density at radius 2 is 1.32 bits per heavy atom. The van der Waals surface area contributed by atoms with Crippen molar-refractivity contribution in [3.63, 3.8) is 0 Å². The molecule has 98 valence electrons. The summed E-state index contributed by atoms with van der Waals surface area (Å²) in [6.45, 7) is 0. The molecule has 4 heteroatoms. The van der Waals surface area contributed by atoms with Crippen molar-refractivity contribution in [2.45, 2.75) is 23.7 Å². The van der Waals surface area contributed by atoms with Crippen LogP contribution in [-0.2, 0) is 10.0 Å². The van der Waals surface area contributed by atoms with E-state index in [-0.39, 0.29) is 4.90 Å². The van der Waals surface area contributed by atoms with E-state index < -0.39 is 10.0 Å². The Morgan fingerprint density at radius 3 is 1.74 bits per heavy atom. The van der Waals surface area contributed by atoms with E-state index in [0.717, 1.165) is 17.0 Å². The highest BCUT2D eigenvalue weighted by atomic mass is 32.2. The van der Waals surface area contributed by atoms with Crippen LogP contribution in [0.25, 0.3) is 11.1 Å². The first kappa shape index (κ1) is 12.4. The van der Waals surface area contributed by atoms with E-state index in [2.05, 4.69) is 24.3 Å². The van der Waals surface area contributed by atoms with Gasteiger partial charge in [0.25, 0.3) is 0 Å². The number of rotatable bonds is 3. The van der Waals surface area contributed by atoms with Gasteiger partial charge in [-0.3, -0.25) is 0 Å². The molecule has 0 amide bonds. The third-order valence-corrected chi connectivity index (χ3v) is 4.40. The van der Waals surface area contributed by atoms with E-state index in [4.69, 9.17) is 5.14 Å². The summed E-state index contributed by atoms with van der Waals surface area (Å²) < 4.78 is 22.4. The summed E-state index contributed by atoms with van der Waals surface area (Å²) in [6, 6.07) is 15.1. The Hall–Kier alpha value is -1.65. The molecular formula is C15H15NO2S. The fraction of sp³-hybridized carbons (Fsp3) is 0.200. The fourth-order valence-corrected chi connectivity index (χ4v) is 2.72. The summed E-state index contributed by atoms with van der Waals surface area (Å²) in [5.41, 5.74) is 3.48. The molecule has 1 fully saturated rings. The normalized spacial score (nSPS) is 15.4. The second kappa shape index (κ2) is 4.47. The van der Waals surface area contributed by atoms with Crippen LogP contribution in [-0.4, -0.2) is 8.42 Å². The smallest absolute Gasteiger partial charge is 0.225 e. The van der Waals surface area contributed by atoms with Crippen molar-refractivity contribution in [1.82, 2.24) is 0 Å². The highest BCUT2D eigenvalue weighted by Crippen LogP contribution is 2.40. The maximum Gasteiger partial charge on any atom is 0.238 e. The lowest BCUT2D eigenvalue weighted by atomic mass is 10.0. The van der Waals surface area contributed by atoms with E-state index in [1.54, 1.807) is 24.3 Å². The Bertz CT molecular complexity index is 684. The van der Waals surface area contributed by atoms with Gasteiger partial charge in [-0.15, -0.1) is 0 Å². The zero-order chi connectivity index (χ0) is 13.5. The number of hydrogen-bond acceptors (Lipinski definition) is 2. The second-order valence-corrected chi connectivity index (χ2v) is 6.53. The van der Waals surface area contributed by atoms with Gasteiger partial charge in [-0.2, -0.15) is 0 Å². The Morgan fingerprint density at radius 1 is 0.842 bits per heavy atom. The van der Waals surface area contributed by atoms with Gasteiger partial charge in [-0.1, -0.05) is 36.4 Å². The van der Waals surface area contributed by atoms with Crippen LogP contribution >= 0.6 is 0 Å². The predicted molar refractivity (Wildman–Crippen MR) is 75.2 cm³/mol. The summed E-state index contributed by atoms with van der Waals surface area (Å²) in [5, 5.41) is 5.08. The van der Waals surface area contributed by atoms with E-state index >= 15 is 0 Å². The van der Waals surface area contributed by atoms with Gasteiger partial charge in [0.15, 0.2) is 0 Å². The van der Waals surface area contributed by atoms with Crippen molar-refractivity contribution in [2.75, 3.05) is 0 Å². The second-order valence-electron chi connectivity index (χ2n) is 4.97. The molecule has 0 atom stereocenters. The first-order valence-corrected chi connectivity index (χ1v) is 7.82. The van der Waals surface area contributed by atoms with Crippen molar-refractivity contribution < 1.29 is 8.42 Å². The molecule has 2 aromatic carbocycles. The number of benzene rings is 2. The molecule has 0 radical (unpaired) electrons. The van der Waals surface area contributed by atoms with Crippen LogP contribution in [0.1, 0.15) is 24.3 Å². The molecule has 19 heavy (non-hydrogen) atoms. The van der Waals surface area contributed by atoms with E-state index in [9.17, 15) is 8.42 Å². The number of primary sulfonamides is 1. The zero-order valence-electron chi connectivity index (χ0n) is 10.4. The van der Waals surface area contributed by atoms with Gasteiger partial charge in [-0.05, 0) is 47.6 Å². The van der Waals surface area contributed by atoms with Crippen LogP contribution in [0.5, 0.6) is 0 Å². The first-order chi connectivity index (χ1) is 9.04. The lowest BCUT2D eigenvalue weighted by molar-refractivity contribution is 0.598. The molecule has 0 aliphatic heterocycles. The van der Waals surface area contributed by atoms with Crippen molar-refractivity contribution in [1.29, 1.82) is 0 Å². The molecule has 0 unspecified atom stereocenters. The summed E-state index contributed by atoms with van der Waals surface area (Å²) in [4.78, 5) is 0.144. The molecule has 0 spiro atoms. The maximum atomic E-state index is 11.2. The monoisotopic (exact) mass is 273 g/mol. The molecule has 2 N–H and O–H groups in total. The van der Waals surface area contributed by atoms with Crippen LogP contribution < -0.4 is 5.14 Å². The molecule has 0 saturated heterocycles. The van der Waals surface area contributed by atoms with Crippen molar-refractivity contribution in [3.05, 3.63) is 54.1 Å². The van der Waals surface area contributed by atoms with Crippen LogP contribution in [0.15, 0.2) is 53.4 Å². The molecule has 1 aliphatic rings.